The van der Waals surface area contributed by atoms with Crippen LogP contribution >= 0.6 is 0 Å². The van der Waals surface area contributed by atoms with Gasteiger partial charge in [0.1, 0.15) is 36.3 Å². The Morgan fingerprint density at radius 1 is 0.712 bits per heavy atom. The first kappa shape index (κ1) is 47.7. The van der Waals surface area contributed by atoms with Gasteiger partial charge in [0.2, 0.25) is 35.4 Å². The van der Waals surface area contributed by atoms with Gasteiger partial charge in [0.05, 0.1) is 12.1 Å². The largest absolute Gasteiger partial charge is 0.481 e. The van der Waals surface area contributed by atoms with E-state index in [4.69, 9.17) is 0 Å². The summed E-state index contributed by atoms with van der Waals surface area (Å²) in [6.45, 7) is 5.45. The number of aliphatic carboxylic acids is 3. The first-order valence-electron chi connectivity index (χ1n) is 19.8. The molecule has 2 heterocycles. The number of carbonyl (C=O) groups is 9. The van der Waals surface area contributed by atoms with Crippen molar-refractivity contribution in [1.82, 2.24) is 36.8 Å². The van der Waals surface area contributed by atoms with E-state index >= 15 is 0 Å². The van der Waals surface area contributed by atoms with Gasteiger partial charge in [0.15, 0.2) is 0 Å². The maximum Gasteiger partial charge on any atom is 0.326 e. The molecular formula is C39H57N7O13. The molecule has 10 N–H and O–H groups in total. The van der Waals surface area contributed by atoms with Crippen LogP contribution in [0.3, 0.4) is 0 Å². The van der Waals surface area contributed by atoms with Crippen LogP contribution in [0.4, 0.5) is 0 Å². The summed E-state index contributed by atoms with van der Waals surface area (Å²) in [6.07, 6.45) is -1.67. The van der Waals surface area contributed by atoms with Crippen molar-refractivity contribution in [3.63, 3.8) is 0 Å². The number of rotatable bonds is 23. The highest BCUT2D eigenvalue weighted by Crippen LogP contribution is 2.20. The highest BCUT2D eigenvalue weighted by atomic mass is 16.4. The van der Waals surface area contributed by atoms with Gasteiger partial charge in [-0.15, -0.1) is 0 Å². The van der Waals surface area contributed by atoms with Gasteiger partial charge in [-0.3, -0.25) is 38.4 Å². The van der Waals surface area contributed by atoms with Crippen LogP contribution in [0, 0.1) is 5.92 Å². The lowest BCUT2D eigenvalue weighted by atomic mass is 10.00. The second-order valence-electron chi connectivity index (χ2n) is 15.3. The van der Waals surface area contributed by atoms with Crippen LogP contribution < -0.4 is 31.9 Å². The number of benzene rings is 1. The van der Waals surface area contributed by atoms with Gasteiger partial charge in [-0.2, -0.15) is 0 Å². The molecule has 0 unspecified atom stereocenters. The molecule has 1 aromatic carbocycles. The molecule has 326 valence electrons. The Morgan fingerprint density at radius 3 is 1.78 bits per heavy atom. The minimum atomic E-state index is -1.58. The van der Waals surface area contributed by atoms with Crippen molar-refractivity contribution in [2.45, 2.75) is 133 Å². The summed E-state index contributed by atoms with van der Waals surface area (Å²) >= 11 is 0. The molecular weight excluding hydrogens is 774 g/mol. The van der Waals surface area contributed by atoms with Gasteiger partial charge in [-0.1, -0.05) is 44.2 Å². The monoisotopic (exact) mass is 831 g/mol. The minimum absolute atomic E-state index is 0.0306. The molecule has 20 nitrogen and oxygen atoms in total. The molecule has 0 radical (unpaired) electrons. The van der Waals surface area contributed by atoms with Crippen molar-refractivity contribution in [3.05, 3.63) is 35.9 Å². The number of amides is 6. The molecule has 6 amide bonds. The molecule has 20 heteroatoms. The van der Waals surface area contributed by atoms with Gasteiger partial charge < -0.3 is 57.2 Å². The number of nitrogens with zero attached hydrogens (tertiary/aromatic N) is 1. The van der Waals surface area contributed by atoms with E-state index in [1.165, 1.54) is 6.92 Å². The molecule has 2 aliphatic heterocycles. The third kappa shape index (κ3) is 15.2. The van der Waals surface area contributed by atoms with Crippen molar-refractivity contribution < 1.29 is 63.6 Å². The van der Waals surface area contributed by atoms with Crippen LogP contribution in [0.25, 0.3) is 0 Å². The molecule has 2 fully saturated rings. The second kappa shape index (κ2) is 23.1. The number of hydrogen-bond donors (Lipinski definition) is 10. The Hall–Kier alpha value is -5.63. The summed E-state index contributed by atoms with van der Waals surface area (Å²) in [5.41, 5.74) is 0.569. The van der Waals surface area contributed by atoms with E-state index in [1.54, 1.807) is 44.2 Å². The number of carbonyl (C=O) groups excluding carboxylic acids is 6. The zero-order valence-corrected chi connectivity index (χ0v) is 33.5. The smallest absolute Gasteiger partial charge is 0.326 e. The van der Waals surface area contributed by atoms with Crippen LogP contribution in [0.15, 0.2) is 30.3 Å². The Kier molecular flexibility index (Phi) is 18.7. The summed E-state index contributed by atoms with van der Waals surface area (Å²) in [7, 11) is 0. The van der Waals surface area contributed by atoms with E-state index in [2.05, 4.69) is 31.9 Å². The van der Waals surface area contributed by atoms with Crippen LogP contribution in [0.2, 0.25) is 0 Å². The molecule has 0 aliphatic carbocycles. The average molecular weight is 832 g/mol. The maximum atomic E-state index is 14.1. The molecule has 0 spiro atoms. The fourth-order valence-corrected chi connectivity index (χ4v) is 6.94. The predicted molar refractivity (Wildman–Crippen MR) is 208 cm³/mol. The maximum absolute atomic E-state index is 14.1. The zero-order valence-electron chi connectivity index (χ0n) is 33.5. The number of aliphatic hydroxyl groups excluding tert-OH is 1. The third-order valence-electron chi connectivity index (χ3n) is 10.1. The predicted octanol–water partition coefficient (Wildman–Crippen LogP) is -1.36. The van der Waals surface area contributed by atoms with Gasteiger partial charge in [-0.25, -0.2) is 4.79 Å². The molecule has 2 saturated heterocycles. The molecule has 8 atom stereocenters. The van der Waals surface area contributed by atoms with Crippen molar-refractivity contribution in [1.29, 1.82) is 0 Å². The molecule has 59 heavy (non-hydrogen) atoms. The van der Waals surface area contributed by atoms with E-state index in [-0.39, 0.29) is 38.1 Å². The molecule has 3 rings (SSSR count). The first-order valence-corrected chi connectivity index (χ1v) is 19.8. The standard InChI is InChI=1S/C39H57N7O13/c1-21(2)19-27(37(56)45-32(22(3)47)38(57)46-18-8-12-29(46)39(58)59)43-36(55)28(20-23-9-5-4-6-10-23)44-35(54)26(14-16-31(50)51)42-34(53)25(13-15-30(48)49)41-33(52)24-11-7-17-40-24/h4-6,9-10,21-22,24-29,32,40,47H,7-8,11-20H2,1-3H3,(H,41,52)(H,42,53)(H,43,55)(H,44,54)(H,45,56)(H,48,49)(H,50,51)(H,58,59)/t22-,24+,25+,26+,27+,28+,29+,32+/m1/s1. The van der Waals surface area contributed by atoms with Crippen molar-refractivity contribution in [2.75, 3.05) is 13.1 Å². The Balaban J connectivity index is 1.87. The average Bonchev–Trinajstić information content (AvgIpc) is 3.90. The normalized spacial score (nSPS) is 19.3. The highest BCUT2D eigenvalue weighted by Gasteiger charge is 2.40. The summed E-state index contributed by atoms with van der Waals surface area (Å²) in [5.74, 6) is -9.02. The first-order chi connectivity index (χ1) is 27.9. The van der Waals surface area contributed by atoms with Crippen LogP contribution in [-0.2, 0) is 49.6 Å². The van der Waals surface area contributed by atoms with Crippen molar-refractivity contribution in [2.24, 2.45) is 5.92 Å². The lowest BCUT2D eigenvalue weighted by molar-refractivity contribution is -0.150. The van der Waals surface area contributed by atoms with Crippen molar-refractivity contribution >= 4 is 53.4 Å². The molecule has 1 aromatic rings. The number of aliphatic hydroxyl groups is 1. The second-order valence-corrected chi connectivity index (χ2v) is 15.3. The Labute approximate surface area is 341 Å². The van der Waals surface area contributed by atoms with Crippen LogP contribution in [-0.4, -0.2) is 140 Å². The Bertz CT molecular complexity index is 1670. The van der Waals surface area contributed by atoms with Crippen LogP contribution in [0.5, 0.6) is 0 Å². The third-order valence-corrected chi connectivity index (χ3v) is 10.1. The molecule has 0 aromatic heterocycles. The Morgan fingerprint density at radius 2 is 1.25 bits per heavy atom. The number of carboxylic acids is 3. The zero-order chi connectivity index (χ0) is 43.8. The summed E-state index contributed by atoms with van der Waals surface area (Å²) in [4.78, 5) is 118. The summed E-state index contributed by atoms with van der Waals surface area (Å²) in [5, 5.41) is 54.4. The molecule has 0 saturated carbocycles. The lowest BCUT2D eigenvalue weighted by Gasteiger charge is -2.31. The quantitative estimate of drug-likeness (QED) is 0.0609. The summed E-state index contributed by atoms with van der Waals surface area (Å²) in [6, 6.07) is -0.599. The fraction of sp³-hybridized carbons (Fsp3) is 0.615. The topological polar surface area (TPSA) is 310 Å². The van der Waals surface area contributed by atoms with Gasteiger partial charge in [0.25, 0.3) is 0 Å². The van der Waals surface area contributed by atoms with Crippen molar-refractivity contribution in [3.8, 4) is 0 Å². The van der Waals surface area contributed by atoms with Gasteiger partial charge >= 0.3 is 17.9 Å². The molecule has 0 bridgehead atoms. The number of likely N-dealkylation sites (tertiary alicyclic amines) is 1. The fourth-order valence-electron chi connectivity index (χ4n) is 6.94. The van der Waals surface area contributed by atoms with E-state index < -0.39 is 121 Å². The van der Waals surface area contributed by atoms with Gasteiger partial charge in [-0.05, 0) is 69.9 Å². The van der Waals surface area contributed by atoms with E-state index in [1.807, 2.05) is 0 Å². The van der Waals surface area contributed by atoms with E-state index in [9.17, 15) is 63.6 Å². The SMILES string of the molecule is CC(C)C[C@H](NC(=O)[C@H](Cc1ccccc1)NC(=O)[C@H](CCC(=O)O)NC(=O)[C@H](CCC(=O)O)NC(=O)[C@@H]1CCCN1)C(=O)N[C@H](C(=O)N1CCC[C@H]1C(=O)O)[C@@H](C)O. The number of nitrogens with one attached hydrogen (secondary N) is 6. The number of hydrogen-bond acceptors (Lipinski definition) is 11. The molecule has 2 aliphatic rings. The lowest BCUT2D eigenvalue weighted by Crippen LogP contribution is -2.61. The minimum Gasteiger partial charge on any atom is -0.481 e. The van der Waals surface area contributed by atoms with E-state index in [0.717, 1.165) is 4.90 Å². The van der Waals surface area contributed by atoms with Crippen LogP contribution in [0.1, 0.15) is 84.1 Å². The highest BCUT2D eigenvalue weighted by molar-refractivity contribution is 5.97. The summed E-state index contributed by atoms with van der Waals surface area (Å²) < 4.78 is 0. The van der Waals surface area contributed by atoms with Gasteiger partial charge in [0, 0.05) is 25.8 Å². The van der Waals surface area contributed by atoms with E-state index in [0.29, 0.717) is 31.4 Å². The number of carboxylic acid groups (broad SMARTS) is 3.